The summed E-state index contributed by atoms with van der Waals surface area (Å²) in [6, 6.07) is 7.34. The molecular formula is C13H9BrCl2FNO2S. The lowest BCUT2D eigenvalue weighted by Gasteiger charge is -2.12. The summed E-state index contributed by atoms with van der Waals surface area (Å²) in [7, 11) is -4.01. The highest BCUT2D eigenvalue weighted by atomic mass is 79.9. The summed E-state index contributed by atoms with van der Waals surface area (Å²) in [6.07, 6.45) is 0. The van der Waals surface area contributed by atoms with Gasteiger partial charge in [0, 0.05) is 4.47 Å². The Morgan fingerprint density at radius 1 is 1.19 bits per heavy atom. The Morgan fingerprint density at radius 2 is 1.86 bits per heavy atom. The molecule has 0 aliphatic heterocycles. The monoisotopic (exact) mass is 411 g/mol. The highest BCUT2D eigenvalue weighted by Crippen LogP contribution is 2.31. The van der Waals surface area contributed by atoms with E-state index >= 15 is 0 Å². The first-order chi connectivity index (χ1) is 9.72. The molecule has 3 nitrogen and oxygen atoms in total. The molecule has 0 aliphatic rings. The fraction of sp³-hybridized carbons (Fsp3) is 0.0769. The fourth-order valence-corrected chi connectivity index (χ4v) is 4.01. The van der Waals surface area contributed by atoms with Crippen molar-refractivity contribution in [3.8, 4) is 0 Å². The molecule has 112 valence electrons. The predicted octanol–water partition coefficient (Wildman–Crippen LogP) is 5.00. The molecule has 2 rings (SSSR count). The summed E-state index contributed by atoms with van der Waals surface area (Å²) in [6.45, 7) is 1.74. The number of benzene rings is 2. The smallest absolute Gasteiger partial charge is 0.263 e. The highest BCUT2D eigenvalue weighted by Gasteiger charge is 2.22. The van der Waals surface area contributed by atoms with Crippen LogP contribution >= 0.6 is 39.1 Å². The predicted molar refractivity (Wildman–Crippen MR) is 86.1 cm³/mol. The van der Waals surface area contributed by atoms with Crippen LogP contribution in [-0.4, -0.2) is 8.42 Å². The molecule has 0 amide bonds. The fourth-order valence-electron chi connectivity index (χ4n) is 1.66. The summed E-state index contributed by atoms with van der Waals surface area (Å²) in [5, 5.41) is -0.775. The molecule has 0 radical (unpaired) electrons. The van der Waals surface area contributed by atoms with Gasteiger partial charge in [-0.15, -0.1) is 0 Å². The third-order valence-corrected chi connectivity index (χ3v) is 5.40. The van der Waals surface area contributed by atoms with E-state index in [-0.39, 0.29) is 9.92 Å². The second kappa shape index (κ2) is 6.12. The third kappa shape index (κ3) is 3.51. The lowest BCUT2D eigenvalue weighted by Crippen LogP contribution is -2.14. The van der Waals surface area contributed by atoms with E-state index in [9.17, 15) is 12.8 Å². The highest BCUT2D eigenvalue weighted by molar-refractivity contribution is 9.10. The Labute approximate surface area is 140 Å². The molecule has 0 fully saturated rings. The molecule has 0 bridgehead atoms. The van der Waals surface area contributed by atoms with Crippen LogP contribution in [0.5, 0.6) is 0 Å². The molecule has 8 heteroatoms. The minimum Gasteiger partial charge on any atom is -0.279 e. The summed E-state index contributed by atoms with van der Waals surface area (Å²) < 4.78 is 41.4. The maximum absolute atomic E-state index is 13.6. The van der Waals surface area contributed by atoms with E-state index < -0.39 is 20.9 Å². The van der Waals surface area contributed by atoms with E-state index in [1.807, 2.05) is 0 Å². The van der Waals surface area contributed by atoms with Crippen LogP contribution in [0.2, 0.25) is 10.0 Å². The van der Waals surface area contributed by atoms with Crippen LogP contribution in [0.3, 0.4) is 0 Å². The lowest BCUT2D eigenvalue weighted by molar-refractivity contribution is 0.595. The van der Waals surface area contributed by atoms with Crippen molar-refractivity contribution in [2.45, 2.75) is 11.8 Å². The molecule has 0 saturated carbocycles. The van der Waals surface area contributed by atoms with Crippen LogP contribution in [0.25, 0.3) is 0 Å². The van der Waals surface area contributed by atoms with Crippen LogP contribution < -0.4 is 4.72 Å². The second-order valence-corrected chi connectivity index (χ2v) is 7.59. The first kappa shape index (κ1) is 16.5. The number of sulfonamides is 1. The van der Waals surface area contributed by atoms with Crippen molar-refractivity contribution in [2.75, 3.05) is 4.72 Å². The minimum absolute atomic E-state index is 0.237. The molecule has 0 aliphatic carbocycles. The summed E-state index contributed by atoms with van der Waals surface area (Å²) in [5.74, 6) is -0.964. The van der Waals surface area contributed by atoms with Gasteiger partial charge < -0.3 is 0 Å². The van der Waals surface area contributed by atoms with Crippen LogP contribution in [0.4, 0.5) is 10.1 Å². The Kier molecular flexibility index (Phi) is 4.82. The zero-order chi connectivity index (χ0) is 15.8. The van der Waals surface area contributed by atoms with E-state index in [1.165, 1.54) is 0 Å². The molecule has 0 aromatic heterocycles. The normalized spacial score (nSPS) is 11.5. The van der Waals surface area contributed by atoms with E-state index in [4.69, 9.17) is 23.2 Å². The summed E-state index contributed by atoms with van der Waals surface area (Å²) in [4.78, 5) is -0.367. The number of anilines is 1. The Morgan fingerprint density at radius 3 is 2.48 bits per heavy atom. The van der Waals surface area contributed by atoms with Gasteiger partial charge in [0.15, 0.2) is 5.82 Å². The Hall–Kier alpha value is -0.820. The minimum atomic E-state index is -4.01. The van der Waals surface area contributed by atoms with Crippen molar-refractivity contribution in [1.82, 2.24) is 0 Å². The van der Waals surface area contributed by atoms with E-state index in [1.54, 1.807) is 25.1 Å². The number of halogens is 4. The number of rotatable bonds is 3. The Bertz CT molecular complexity index is 812. The zero-order valence-electron chi connectivity index (χ0n) is 10.6. The molecule has 1 N–H and O–H groups in total. The molecule has 2 aromatic carbocycles. The average molecular weight is 413 g/mol. The van der Waals surface area contributed by atoms with Gasteiger partial charge in [0.05, 0.1) is 15.7 Å². The van der Waals surface area contributed by atoms with E-state index in [0.29, 0.717) is 11.3 Å². The summed E-state index contributed by atoms with van der Waals surface area (Å²) in [5.41, 5.74) is 1.09. The van der Waals surface area contributed by atoms with Crippen LogP contribution in [0.1, 0.15) is 5.56 Å². The lowest BCUT2D eigenvalue weighted by atomic mass is 10.2. The first-order valence-electron chi connectivity index (χ1n) is 5.65. The molecule has 21 heavy (non-hydrogen) atoms. The van der Waals surface area contributed by atoms with Crippen LogP contribution in [0.15, 0.2) is 39.7 Å². The van der Waals surface area contributed by atoms with Crippen LogP contribution in [0, 0.1) is 12.7 Å². The second-order valence-electron chi connectivity index (χ2n) is 4.24. The van der Waals surface area contributed by atoms with Gasteiger partial charge in [-0.2, -0.15) is 0 Å². The topological polar surface area (TPSA) is 46.2 Å². The van der Waals surface area contributed by atoms with Crippen molar-refractivity contribution >= 4 is 54.8 Å². The molecule has 0 unspecified atom stereocenters. The standard InChI is InChI=1S/C13H9BrCl2FNO2S/c1-7-6-8(14)2-4-10(7)18-21(19,20)11-5-3-9(15)13(17)12(11)16/h2-6,18H,1H3. The molecule has 0 saturated heterocycles. The number of nitrogens with one attached hydrogen (secondary N) is 1. The maximum Gasteiger partial charge on any atom is 0.263 e. The van der Waals surface area contributed by atoms with Crippen molar-refractivity contribution < 1.29 is 12.8 Å². The zero-order valence-corrected chi connectivity index (χ0v) is 14.5. The van der Waals surface area contributed by atoms with E-state index in [0.717, 1.165) is 16.6 Å². The van der Waals surface area contributed by atoms with Crippen LogP contribution in [-0.2, 0) is 10.0 Å². The van der Waals surface area contributed by atoms with Gasteiger partial charge >= 0.3 is 0 Å². The molecule has 0 atom stereocenters. The molecule has 0 spiro atoms. The SMILES string of the molecule is Cc1cc(Br)ccc1NS(=O)(=O)c1ccc(Cl)c(F)c1Cl. The van der Waals surface area contributed by atoms with Crippen molar-refractivity contribution in [3.05, 3.63) is 56.2 Å². The third-order valence-electron chi connectivity index (χ3n) is 2.72. The quantitative estimate of drug-likeness (QED) is 0.720. The summed E-state index contributed by atoms with van der Waals surface area (Å²) >= 11 is 14.6. The largest absolute Gasteiger partial charge is 0.279 e. The number of aryl methyl sites for hydroxylation is 1. The van der Waals surface area contributed by atoms with Gasteiger partial charge in [0.2, 0.25) is 0 Å². The van der Waals surface area contributed by atoms with Crippen molar-refractivity contribution in [3.63, 3.8) is 0 Å². The Balaban J connectivity index is 2.46. The van der Waals surface area contributed by atoms with Gasteiger partial charge in [-0.1, -0.05) is 39.1 Å². The number of hydrogen-bond donors (Lipinski definition) is 1. The maximum atomic E-state index is 13.6. The molecule has 2 aromatic rings. The first-order valence-corrected chi connectivity index (χ1v) is 8.68. The van der Waals surface area contributed by atoms with Gasteiger partial charge in [-0.25, -0.2) is 12.8 Å². The van der Waals surface area contributed by atoms with Crippen molar-refractivity contribution in [2.24, 2.45) is 0 Å². The van der Waals surface area contributed by atoms with Gasteiger partial charge in [-0.05, 0) is 42.8 Å². The van der Waals surface area contributed by atoms with Gasteiger partial charge in [-0.3, -0.25) is 4.72 Å². The van der Waals surface area contributed by atoms with Gasteiger partial charge in [0.1, 0.15) is 4.90 Å². The average Bonchev–Trinajstić information content (AvgIpc) is 2.39. The number of hydrogen-bond acceptors (Lipinski definition) is 2. The van der Waals surface area contributed by atoms with Crippen molar-refractivity contribution in [1.29, 1.82) is 0 Å². The molecular weight excluding hydrogens is 404 g/mol. The molecule has 0 heterocycles. The van der Waals surface area contributed by atoms with E-state index in [2.05, 4.69) is 20.7 Å². The van der Waals surface area contributed by atoms with Gasteiger partial charge in [0.25, 0.3) is 10.0 Å².